The average molecular weight is 259 g/mol. The molecule has 0 unspecified atom stereocenters. The normalized spacial score (nSPS) is 25.7. The summed E-state index contributed by atoms with van der Waals surface area (Å²) in [5, 5.41) is 0.929. The molecule has 0 saturated heterocycles. The highest BCUT2D eigenvalue weighted by Crippen LogP contribution is 2.27. The molecule has 1 fully saturated rings. The van der Waals surface area contributed by atoms with E-state index in [1.165, 1.54) is 19.3 Å². The summed E-state index contributed by atoms with van der Waals surface area (Å²) in [6.07, 6.45) is 5.85. The van der Waals surface area contributed by atoms with Crippen molar-refractivity contribution in [1.29, 1.82) is 0 Å². The van der Waals surface area contributed by atoms with Gasteiger partial charge in [0.05, 0.1) is 0 Å². The lowest BCUT2D eigenvalue weighted by Gasteiger charge is -2.28. The first-order chi connectivity index (χ1) is 7.65. The van der Waals surface area contributed by atoms with Gasteiger partial charge in [0, 0.05) is 6.04 Å². The molecule has 1 aliphatic carbocycles. The molecule has 0 spiro atoms. The second kappa shape index (κ2) is 5.35. The quantitative estimate of drug-likeness (QED) is 0.826. The maximum absolute atomic E-state index is 6.12. The lowest BCUT2D eigenvalue weighted by Crippen LogP contribution is -2.34. The molecule has 0 radical (unpaired) electrons. The molecule has 4 heteroatoms. The number of rotatable bonds is 2. The third-order valence-electron chi connectivity index (χ3n) is 3.29. The Labute approximate surface area is 106 Å². The molecule has 88 valence electrons. The highest BCUT2D eigenvalue weighted by atomic mass is 35.5. The summed E-state index contributed by atoms with van der Waals surface area (Å²) in [6, 6.07) is 4.09. The van der Waals surface area contributed by atoms with Crippen molar-refractivity contribution in [3.05, 3.63) is 28.0 Å². The Hall–Kier alpha value is -0.310. The molecule has 1 aromatic rings. The van der Waals surface area contributed by atoms with E-state index in [-0.39, 0.29) is 0 Å². The monoisotopic (exact) mass is 258 g/mol. The summed E-state index contributed by atoms with van der Waals surface area (Å²) in [5.41, 5.74) is 7.27. The van der Waals surface area contributed by atoms with Crippen LogP contribution in [-0.4, -0.2) is 11.0 Å². The Bertz CT molecular complexity index is 348. The third-order valence-corrected chi connectivity index (χ3v) is 3.68. The number of hydrogen-bond acceptors (Lipinski definition) is 2. The Balaban J connectivity index is 2.07. The number of pyridine rings is 1. The van der Waals surface area contributed by atoms with Crippen molar-refractivity contribution in [1.82, 2.24) is 4.98 Å². The van der Waals surface area contributed by atoms with Gasteiger partial charge in [-0.2, -0.15) is 0 Å². The molecule has 2 atom stereocenters. The molecular formula is C12H16Cl2N2. The van der Waals surface area contributed by atoms with Gasteiger partial charge in [0.25, 0.3) is 0 Å². The van der Waals surface area contributed by atoms with Crippen LogP contribution >= 0.6 is 23.2 Å². The van der Waals surface area contributed by atoms with E-state index in [9.17, 15) is 0 Å². The lowest BCUT2D eigenvalue weighted by molar-refractivity contribution is 0.306. The van der Waals surface area contributed by atoms with E-state index in [0.717, 1.165) is 18.4 Å². The van der Waals surface area contributed by atoms with Gasteiger partial charge in [-0.3, -0.25) is 0 Å². The van der Waals surface area contributed by atoms with Gasteiger partial charge < -0.3 is 5.73 Å². The SMILES string of the molecule is N[C@@H]1CCCC[C@H]1Cc1cc(Cl)nc(Cl)c1. The van der Waals surface area contributed by atoms with Gasteiger partial charge in [0.1, 0.15) is 10.3 Å². The van der Waals surface area contributed by atoms with Crippen molar-refractivity contribution in [2.75, 3.05) is 0 Å². The third kappa shape index (κ3) is 3.09. The summed E-state index contributed by atoms with van der Waals surface area (Å²) < 4.78 is 0. The molecule has 0 aliphatic heterocycles. The Morgan fingerprint density at radius 3 is 2.44 bits per heavy atom. The fourth-order valence-corrected chi connectivity index (χ4v) is 2.93. The molecule has 16 heavy (non-hydrogen) atoms. The topological polar surface area (TPSA) is 38.9 Å². The van der Waals surface area contributed by atoms with Crippen LogP contribution in [0.25, 0.3) is 0 Å². The summed E-state index contributed by atoms with van der Waals surface area (Å²) >= 11 is 11.8. The van der Waals surface area contributed by atoms with E-state index in [0.29, 0.717) is 22.3 Å². The van der Waals surface area contributed by atoms with Gasteiger partial charge in [-0.25, -0.2) is 4.98 Å². The Morgan fingerprint density at radius 2 is 1.81 bits per heavy atom. The minimum Gasteiger partial charge on any atom is -0.327 e. The number of aromatic nitrogens is 1. The predicted octanol–water partition coefficient (Wildman–Crippen LogP) is 3.45. The van der Waals surface area contributed by atoms with Crippen LogP contribution in [0.4, 0.5) is 0 Å². The van der Waals surface area contributed by atoms with E-state index in [1.807, 2.05) is 12.1 Å². The summed E-state index contributed by atoms with van der Waals surface area (Å²) in [4.78, 5) is 3.95. The van der Waals surface area contributed by atoms with E-state index in [4.69, 9.17) is 28.9 Å². The van der Waals surface area contributed by atoms with E-state index >= 15 is 0 Å². The Morgan fingerprint density at radius 1 is 1.19 bits per heavy atom. The molecule has 0 amide bonds. The van der Waals surface area contributed by atoms with Crippen molar-refractivity contribution in [2.24, 2.45) is 11.7 Å². The summed E-state index contributed by atoms with van der Waals surface area (Å²) in [7, 11) is 0. The van der Waals surface area contributed by atoms with Gasteiger partial charge in [-0.15, -0.1) is 0 Å². The average Bonchev–Trinajstić information content (AvgIpc) is 2.20. The first kappa shape index (κ1) is 12.2. The molecule has 2 rings (SSSR count). The zero-order valence-electron chi connectivity index (χ0n) is 9.13. The molecule has 0 bridgehead atoms. The molecular weight excluding hydrogens is 243 g/mol. The van der Waals surface area contributed by atoms with E-state index in [1.54, 1.807) is 0 Å². The lowest BCUT2D eigenvalue weighted by atomic mass is 9.81. The summed E-state index contributed by atoms with van der Waals surface area (Å²) in [6.45, 7) is 0. The zero-order chi connectivity index (χ0) is 11.5. The van der Waals surface area contributed by atoms with E-state index in [2.05, 4.69) is 4.98 Å². The van der Waals surface area contributed by atoms with Crippen molar-refractivity contribution in [3.63, 3.8) is 0 Å². The molecule has 1 aromatic heterocycles. The highest BCUT2D eigenvalue weighted by Gasteiger charge is 2.22. The first-order valence-corrected chi connectivity index (χ1v) is 6.48. The summed E-state index contributed by atoms with van der Waals surface area (Å²) in [5.74, 6) is 0.559. The number of nitrogens with zero attached hydrogens (tertiary/aromatic N) is 1. The number of hydrogen-bond donors (Lipinski definition) is 1. The standard InChI is InChI=1S/C12H16Cl2N2/c13-11-6-8(7-12(14)16-11)5-9-3-1-2-4-10(9)15/h6-7,9-10H,1-5,15H2/t9-,10+/m0/s1. The van der Waals surface area contributed by atoms with Crippen LogP contribution in [0.15, 0.2) is 12.1 Å². The number of nitrogens with two attached hydrogens (primary N) is 1. The first-order valence-electron chi connectivity index (χ1n) is 5.72. The second-order valence-electron chi connectivity index (χ2n) is 4.53. The fourth-order valence-electron chi connectivity index (χ4n) is 2.42. The largest absolute Gasteiger partial charge is 0.327 e. The zero-order valence-corrected chi connectivity index (χ0v) is 10.6. The molecule has 1 saturated carbocycles. The van der Waals surface area contributed by atoms with Crippen molar-refractivity contribution in [3.8, 4) is 0 Å². The van der Waals surface area contributed by atoms with Crippen LogP contribution < -0.4 is 5.73 Å². The van der Waals surface area contributed by atoms with Gasteiger partial charge >= 0.3 is 0 Å². The van der Waals surface area contributed by atoms with Crippen LogP contribution in [0.5, 0.6) is 0 Å². The molecule has 2 nitrogen and oxygen atoms in total. The van der Waals surface area contributed by atoms with Crippen LogP contribution in [-0.2, 0) is 6.42 Å². The van der Waals surface area contributed by atoms with Gasteiger partial charge in [-0.05, 0) is 42.9 Å². The molecule has 1 aliphatic rings. The van der Waals surface area contributed by atoms with Crippen LogP contribution in [0.3, 0.4) is 0 Å². The fraction of sp³-hybridized carbons (Fsp3) is 0.583. The molecule has 0 aromatic carbocycles. The van der Waals surface area contributed by atoms with Gasteiger partial charge in [-0.1, -0.05) is 36.0 Å². The van der Waals surface area contributed by atoms with Crippen LogP contribution in [0.1, 0.15) is 31.2 Å². The molecule has 2 N–H and O–H groups in total. The van der Waals surface area contributed by atoms with Crippen LogP contribution in [0, 0.1) is 5.92 Å². The predicted molar refractivity (Wildman–Crippen MR) is 67.9 cm³/mol. The van der Waals surface area contributed by atoms with Crippen molar-refractivity contribution >= 4 is 23.2 Å². The highest BCUT2D eigenvalue weighted by molar-refractivity contribution is 6.32. The maximum atomic E-state index is 6.12. The van der Waals surface area contributed by atoms with Gasteiger partial charge in [0.15, 0.2) is 0 Å². The maximum Gasteiger partial charge on any atom is 0.131 e. The minimum atomic E-state index is 0.319. The van der Waals surface area contributed by atoms with Crippen molar-refractivity contribution < 1.29 is 0 Å². The second-order valence-corrected chi connectivity index (χ2v) is 5.31. The van der Waals surface area contributed by atoms with Crippen LogP contribution in [0.2, 0.25) is 10.3 Å². The minimum absolute atomic E-state index is 0.319. The Kier molecular flexibility index (Phi) is 4.06. The van der Waals surface area contributed by atoms with Crippen molar-refractivity contribution in [2.45, 2.75) is 38.1 Å². The number of halogens is 2. The van der Waals surface area contributed by atoms with E-state index < -0.39 is 0 Å². The molecule has 1 heterocycles. The van der Waals surface area contributed by atoms with Gasteiger partial charge in [0.2, 0.25) is 0 Å². The smallest absolute Gasteiger partial charge is 0.131 e.